The van der Waals surface area contributed by atoms with Gasteiger partial charge in [-0.1, -0.05) is 17.7 Å². The molecule has 0 fully saturated rings. The number of nitrogens with one attached hydrogen (secondary N) is 2. The van der Waals surface area contributed by atoms with E-state index in [9.17, 15) is 18.0 Å². The average molecular weight is 513 g/mol. The van der Waals surface area contributed by atoms with Gasteiger partial charge in [0.2, 0.25) is 0 Å². The van der Waals surface area contributed by atoms with Crippen molar-refractivity contribution in [3.05, 3.63) is 75.2 Å². The molecule has 0 spiro atoms. The standard InChI is InChI=1S/C26H28N2O5S2/c1-4-33-26(30)23-20-7-5-6-8-22(20)34-25(23)27-24(29)18-11-14-21(17(3)15-18)28-35(31,32)19-12-9-16(2)10-13-19/h9-15,28H,4-8H2,1-3H3,(H,27,29). The van der Waals surface area contributed by atoms with Crippen molar-refractivity contribution in [1.82, 2.24) is 0 Å². The van der Waals surface area contributed by atoms with E-state index in [1.165, 1.54) is 11.3 Å². The molecule has 3 aromatic rings. The molecule has 9 heteroatoms. The summed E-state index contributed by atoms with van der Waals surface area (Å²) < 4.78 is 33.3. The van der Waals surface area contributed by atoms with Crippen LogP contribution in [-0.4, -0.2) is 26.9 Å². The maximum Gasteiger partial charge on any atom is 0.341 e. The maximum atomic E-state index is 13.1. The predicted octanol–water partition coefficient (Wildman–Crippen LogP) is 5.47. The van der Waals surface area contributed by atoms with E-state index in [0.717, 1.165) is 41.7 Å². The summed E-state index contributed by atoms with van der Waals surface area (Å²) in [6.07, 6.45) is 3.74. The topological polar surface area (TPSA) is 102 Å². The molecular weight excluding hydrogens is 484 g/mol. The molecule has 1 aliphatic rings. The van der Waals surface area contributed by atoms with Gasteiger partial charge in [0.1, 0.15) is 5.00 Å². The minimum absolute atomic E-state index is 0.164. The molecule has 1 heterocycles. The SMILES string of the molecule is CCOC(=O)c1c(NC(=O)c2ccc(NS(=O)(=O)c3ccc(C)cc3)c(C)c2)sc2c1CCCC2. The zero-order valence-electron chi connectivity index (χ0n) is 19.9. The summed E-state index contributed by atoms with van der Waals surface area (Å²) >= 11 is 1.43. The fourth-order valence-corrected chi connectivity index (χ4v) is 6.49. The third-order valence-corrected chi connectivity index (χ3v) is 8.53. The van der Waals surface area contributed by atoms with Crippen LogP contribution in [0.25, 0.3) is 0 Å². The Bertz CT molecular complexity index is 1380. The second kappa shape index (κ2) is 10.2. The Kier molecular flexibility index (Phi) is 7.28. The molecular formula is C26H28N2O5S2. The minimum Gasteiger partial charge on any atom is -0.462 e. The van der Waals surface area contributed by atoms with Crippen LogP contribution >= 0.6 is 11.3 Å². The predicted molar refractivity (Wildman–Crippen MR) is 138 cm³/mol. The molecule has 1 amide bonds. The van der Waals surface area contributed by atoms with E-state index < -0.39 is 16.0 Å². The van der Waals surface area contributed by atoms with E-state index in [4.69, 9.17) is 4.74 Å². The molecule has 0 unspecified atom stereocenters. The van der Waals surface area contributed by atoms with Gasteiger partial charge in [-0.3, -0.25) is 9.52 Å². The number of carbonyl (C=O) groups is 2. The van der Waals surface area contributed by atoms with Gasteiger partial charge < -0.3 is 10.1 Å². The van der Waals surface area contributed by atoms with Gasteiger partial charge in [-0.15, -0.1) is 11.3 Å². The van der Waals surface area contributed by atoms with Gasteiger partial charge in [-0.05, 0) is 87.9 Å². The first-order chi connectivity index (χ1) is 16.7. The molecule has 0 aliphatic heterocycles. The Morgan fingerprint density at radius 1 is 1.03 bits per heavy atom. The molecule has 1 aromatic heterocycles. The fourth-order valence-electron chi connectivity index (χ4n) is 4.09. The number of fused-ring (bicyclic) bond motifs is 1. The van der Waals surface area contributed by atoms with E-state index in [1.54, 1.807) is 56.3 Å². The molecule has 0 radical (unpaired) electrons. The Hall–Kier alpha value is -3.17. The molecule has 2 aromatic carbocycles. The van der Waals surface area contributed by atoms with Crippen LogP contribution in [0.3, 0.4) is 0 Å². The highest BCUT2D eigenvalue weighted by Gasteiger charge is 2.27. The number of carbonyl (C=O) groups excluding carboxylic acids is 2. The van der Waals surface area contributed by atoms with Crippen LogP contribution in [0.2, 0.25) is 0 Å². The monoisotopic (exact) mass is 512 g/mol. The van der Waals surface area contributed by atoms with E-state index >= 15 is 0 Å². The quantitative estimate of drug-likeness (QED) is 0.409. The first kappa shape index (κ1) is 24.9. The van der Waals surface area contributed by atoms with Crippen molar-refractivity contribution >= 4 is 43.9 Å². The van der Waals surface area contributed by atoms with Crippen molar-refractivity contribution in [3.63, 3.8) is 0 Å². The zero-order chi connectivity index (χ0) is 25.2. The summed E-state index contributed by atoms with van der Waals surface area (Å²) in [6.45, 7) is 5.64. The Balaban J connectivity index is 1.56. The highest BCUT2D eigenvalue weighted by Crippen LogP contribution is 2.39. The van der Waals surface area contributed by atoms with Gasteiger partial charge in [-0.2, -0.15) is 0 Å². The average Bonchev–Trinajstić information content (AvgIpc) is 3.18. The van der Waals surface area contributed by atoms with Crippen molar-refractivity contribution in [1.29, 1.82) is 0 Å². The molecule has 4 rings (SSSR count). The number of esters is 1. The van der Waals surface area contributed by atoms with E-state index in [2.05, 4.69) is 10.0 Å². The third kappa shape index (κ3) is 5.41. The summed E-state index contributed by atoms with van der Waals surface area (Å²) in [5.41, 5.74) is 3.76. The summed E-state index contributed by atoms with van der Waals surface area (Å²) in [5.74, 6) is -0.788. The highest BCUT2D eigenvalue weighted by atomic mass is 32.2. The first-order valence-electron chi connectivity index (χ1n) is 11.5. The number of hydrogen-bond donors (Lipinski definition) is 2. The minimum atomic E-state index is -3.76. The molecule has 7 nitrogen and oxygen atoms in total. The summed E-state index contributed by atoms with van der Waals surface area (Å²) in [4.78, 5) is 27.0. The number of ether oxygens (including phenoxy) is 1. The van der Waals surface area contributed by atoms with Crippen molar-refractivity contribution in [2.24, 2.45) is 0 Å². The fraction of sp³-hybridized carbons (Fsp3) is 0.308. The Morgan fingerprint density at radius 2 is 1.74 bits per heavy atom. The third-order valence-electron chi connectivity index (χ3n) is 5.94. The van der Waals surface area contributed by atoms with Crippen LogP contribution in [0.1, 0.15) is 62.0 Å². The largest absolute Gasteiger partial charge is 0.462 e. The number of anilines is 2. The van der Waals surface area contributed by atoms with E-state index in [1.807, 2.05) is 6.92 Å². The molecule has 0 bridgehead atoms. The number of benzene rings is 2. The van der Waals surface area contributed by atoms with Gasteiger partial charge >= 0.3 is 5.97 Å². The van der Waals surface area contributed by atoms with Crippen LogP contribution in [0.4, 0.5) is 10.7 Å². The summed E-state index contributed by atoms with van der Waals surface area (Å²) in [5, 5.41) is 3.39. The second-order valence-corrected chi connectivity index (χ2v) is 11.3. The Morgan fingerprint density at radius 3 is 2.43 bits per heavy atom. The number of hydrogen-bond acceptors (Lipinski definition) is 6. The molecule has 0 saturated heterocycles. The van der Waals surface area contributed by atoms with Crippen LogP contribution in [-0.2, 0) is 27.6 Å². The zero-order valence-corrected chi connectivity index (χ0v) is 21.6. The summed E-state index contributed by atoms with van der Waals surface area (Å²) in [6, 6.07) is 11.3. The lowest BCUT2D eigenvalue weighted by molar-refractivity contribution is 0.0526. The molecule has 35 heavy (non-hydrogen) atoms. The van der Waals surface area contributed by atoms with Crippen molar-refractivity contribution in [2.75, 3.05) is 16.6 Å². The number of aryl methyl sites for hydroxylation is 3. The van der Waals surface area contributed by atoms with Crippen LogP contribution < -0.4 is 10.0 Å². The molecule has 0 saturated carbocycles. The lowest BCUT2D eigenvalue weighted by Crippen LogP contribution is -2.17. The van der Waals surface area contributed by atoms with Gasteiger partial charge in [0.15, 0.2) is 0 Å². The van der Waals surface area contributed by atoms with Gasteiger partial charge in [0, 0.05) is 10.4 Å². The maximum absolute atomic E-state index is 13.1. The van der Waals surface area contributed by atoms with Crippen LogP contribution in [0, 0.1) is 13.8 Å². The summed E-state index contributed by atoms with van der Waals surface area (Å²) in [7, 11) is -3.76. The molecule has 184 valence electrons. The van der Waals surface area contributed by atoms with Gasteiger partial charge in [0.05, 0.1) is 22.8 Å². The smallest absolute Gasteiger partial charge is 0.341 e. The van der Waals surface area contributed by atoms with Gasteiger partial charge in [-0.25, -0.2) is 13.2 Å². The van der Waals surface area contributed by atoms with Crippen LogP contribution in [0.15, 0.2) is 47.4 Å². The number of amides is 1. The van der Waals surface area contributed by atoms with Gasteiger partial charge in [0.25, 0.3) is 15.9 Å². The lowest BCUT2D eigenvalue weighted by atomic mass is 9.95. The Labute approximate surface area is 209 Å². The lowest BCUT2D eigenvalue weighted by Gasteiger charge is -2.13. The number of thiophene rings is 1. The van der Waals surface area contributed by atoms with E-state index in [-0.39, 0.29) is 17.4 Å². The molecule has 2 N–H and O–H groups in total. The second-order valence-electron chi connectivity index (χ2n) is 8.54. The molecule has 0 atom stereocenters. The normalized spacial score (nSPS) is 13.1. The first-order valence-corrected chi connectivity index (χ1v) is 13.8. The van der Waals surface area contributed by atoms with E-state index in [0.29, 0.717) is 27.4 Å². The van der Waals surface area contributed by atoms with Crippen molar-refractivity contribution in [3.8, 4) is 0 Å². The number of rotatable bonds is 7. The number of sulfonamides is 1. The van der Waals surface area contributed by atoms with Crippen LogP contribution in [0.5, 0.6) is 0 Å². The molecule has 1 aliphatic carbocycles. The van der Waals surface area contributed by atoms with Crippen molar-refractivity contribution in [2.45, 2.75) is 51.3 Å². The highest BCUT2D eigenvalue weighted by molar-refractivity contribution is 7.92. The van der Waals surface area contributed by atoms with Crippen molar-refractivity contribution < 1.29 is 22.7 Å².